The molecule has 1 aromatic heterocycles. The van der Waals surface area contributed by atoms with Gasteiger partial charge in [-0.15, -0.1) is 0 Å². The number of hydrogen-bond donors (Lipinski definition) is 0. The molecule has 3 rings (SSSR count). The highest BCUT2D eigenvalue weighted by atomic mass is 19.4. The number of carbonyl (C=O) groups excluding carboxylic acids is 1. The van der Waals surface area contributed by atoms with Crippen molar-refractivity contribution in [1.29, 1.82) is 0 Å². The maximum Gasteiger partial charge on any atom is 0.416 e. The molecule has 0 bridgehead atoms. The van der Waals surface area contributed by atoms with Crippen molar-refractivity contribution < 1.29 is 22.4 Å². The van der Waals surface area contributed by atoms with Gasteiger partial charge in [-0.05, 0) is 42.9 Å². The van der Waals surface area contributed by atoms with Crippen molar-refractivity contribution in [2.75, 3.05) is 0 Å². The fourth-order valence-electron chi connectivity index (χ4n) is 3.91. The van der Waals surface area contributed by atoms with Crippen molar-refractivity contribution in [2.24, 2.45) is 18.0 Å². The summed E-state index contributed by atoms with van der Waals surface area (Å²) in [6.07, 6.45) is -0.167. The number of carbonyl (C=O) groups is 1. The molecule has 0 spiro atoms. The lowest BCUT2D eigenvalue weighted by atomic mass is 10.1. The third-order valence-electron chi connectivity index (χ3n) is 5.51. The molecule has 1 aliphatic rings. The van der Waals surface area contributed by atoms with Gasteiger partial charge in [0, 0.05) is 25.4 Å². The average molecular weight is 411 g/mol. The van der Waals surface area contributed by atoms with Gasteiger partial charge in [-0.3, -0.25) is 14.2 Å². The van der Waals surface area contributed by atoms with E-state index in [0.29, 0.717) is 36.1 Å². The molecule has 1 aromatic carbocycles. The largest absolute Gasteiger partial charge is 0.416 e. The van der Waals surface area contributed by atoms with Crippen molar-refractivity contribution >= 4 is 5.91 Å². The maximum atomic E-state index is 14.1. The molecule has 0 unspecified atom stereocenters. The van der Waals surface area contributed by atoms with E-state index in [4.69, 9.17) is 0 Å². The monoisotopic (exact) mass is 411 g/mol. The summed E-state index contributed by atoms with van der Waals surface area (Å²) in [6.45, 7) is 4.68. The predicted molar refractivity (Wildman–Crippen MR) is 101 cm³/mol. The molecule has 0 aliphatic heterocycles. The quantitative estimate of drug-likeness (QED) is 0.650. The number of halogens is 4. The second-order valence-electron chi connectivity index (χ2n) is 7.95. The molecule has 1 aliphatic carbocycles. The van der Waals surface area contributed by atoms with E-state index >= 15 is 0 Å². The summed E-state index contributed by atoms with van der Waals surface area (Å²) >= 11 is 0. The zero-order chi connectivity index (χ0) is 21.3. The van der Waals surface area contributed by atoms with Gasteiger partial charge in [-0.1, -0.05) is 26.7 Å². The van der Waals surface area contributed by atoms with E-state index in [-0.39, 0.29) is 5.92 Å². The van der Waals surface area contributed by atoms with Crippen LogP contribution in [0.25, 0.3) is 0 Å². The van der Waals surface area contributed by atoms with Crippen molar-refractivity contribution in [2.45, 2.75) is 58.2 Å². The third kappa shape index (κ3) is 4.62. The molecule has 158 valence electrons. The lowest BCUT2D eigenvalue weighted by Crippen LogP contribution is -2.27. The zero-order valence-corrected chi connectivity index (χ0v) is 16.8. The second kappa shape index (κ2) is 8.16. The van der Waals surface area contributed by atoms with Crippen LogP contribution in [0.15, 0.2) is 29.3 Å². The lowest BCUT2D eigenvalue weighted by molar-refractivity contribution is -0.137. The van der Waals surface area contributed by atoms with E-state index in [1.165, 1.54) is 0 Å². The minimum Gasteiger partial charge on any atom is -0.291 e. The minimum absolute atomic E-state index is 0.166. The first-order valence-electron chi connectivity index (χ1n) is 9.80. The van der Waals surface area contributed by atoms with E-state index in [1.807, 2.05) is 30.3 Å². The number of aromatic nitrogens is 2. The van der Waals surface area contributed by atoms with Crippen LogP contribution in [0.2, 0.25) is 0 Å². The van der Waals surface area contributed by atoms with Crippen LogP contribution in [0.5, 0.6) is 0 Å². The van der Waals surface area contributed by atoms with E-state index in [1.54, 1.807) is 6.07 Å². The van der Waals surface area contributed by atoms with Crippen LogP contribution in [0.1, 0.15) is 67.1 Å². The Hall–Kier alpha value is -2.38. The van der Waals surface area contributed by atoms with Crippen molar-refractivity contribution in [3.05, 3.63) is 52.4 Å². The first kappa shape index (κ1) is 21.3. The molecule has 1 heterocycles. The highest BCUT2D eigenvalue weighted by Crippen LogP contribution is 2.30. The average Bonchev–Trinajstić information content (AvgIpc) is 3.24. The van der Waals surface area contributed by atoms with Gasteiger partial charge in [-0.2, -0.15) is 18.2 Å². The lowest BCUT2D eigenvalue weighted by Gasteiger charge is -2.16. The van der Waals surface area contributed by atoms with Gasteiger partial charge in [0.1, 0.15) is 5.82 Å². The van der Waals surface area contributed by atoms with Crippen molar-refractivity contribution in [1.82, 2.24) is 9.36 Å². The number of benzene rings is 1. The number of amides is 1. The highest BCUT2D eigenvalue weighted by Gasteiger charge is 2.32. The molecule has 29 heavy (non-hydrogen) atoms. The van der Waals surface area contributed by atoms with Gasteiger partial charge in [0.2, 0.25) is 0 Å². The van der Waals surface area contributed by atoms with Gasteiger partial charge in [0.05, 0.1) is 11.1 Å². The molecule has 0 radical (unpaired) electrons. The standard InChI is InChI=1S/C21H25F4N3O/c1-13(2)18-11-19(28(27(18)3)12-14-6-4-5-7-14)26-20(29)16-10-15(21(23,24)25)8-9-17(16)22/h8-11,13-14H,4-7,12H2,1-3H3. The number of hydrogen-bond acceptors (Lipinski definition) is 1. The SMILES string of the molecule is CC(C)c1cc(=NC(=O)c2cc(C(F)(F)F)ccc2F)n(CC2CCCC2)n1C. The summed E-state index contributed by atoms with van der Waals surface area (Å²) in [4.78, 5) is 16.6. The Bertz CT molecular complexity index is 963. The van der Waals surface area contributed by atoms with E-state index in [2.05, 4.69) is 4.99 Å². The Labute approximate surface area is 166 Å². The predicted octanol–water partition coefficient (Wildman–Crippen LogP) is 5.04. The number of nitrogens with zero attached hydrogens (tertiary/aromatic N) is 3. The summed E-state index contributed by atoms with van der Waals surface area (Å²) in [5.74, 6) is -1.41. The molecular weight excluding hydrogens is 386 g/mol. The smallest absolute Gasteiger partial charge is 0.291 e. The Kier molecular flexibility index (Phi) is 6.00. The van der Waals surface area contributed by atoms with Crippen LogP contribution < -0.4 is 5.49 Å². The Morgan fingerprint density at radius 3 is 2.45 bits per heavy atom. The van der Waals surface area contributed by atoms with Gasteiger partial charge in [-0.25, -0.2) is 4.39 Å². The summed E-state index contributed by atoms with van der Waals surface area (Å²) in [6, 6.07) is 3.55. The van der Waals surface area contributed by atoms with E-state index in [0.717, 1.165) is 31.4 Å². The molecular formula is C21H25F4N3O. The molecule has 0 N–H and O–H groups in total. The topological polar surface area (TPSA) is 39.3 Å². The summed E-state index contributed by atoms with van der Waals surface area (Å²) < 4.78 is 56.8. The third-order valence-corrected chi connectivity index (χ3v) is 5.51. The molecule has 8 heteroatoms. The first-order valence-corrected chi connectivity index (χ1v) is 9.80. The van der Waals surface area contributed by atoms with Gasteiger partial charge >= 0.3 is 6.18 Å². The Morgan fingerprint density at radius 2 is 1.86 bits per heavy atom. The summed E-state index contributed by atoms with van der Waals surface area (Å²) in [5, 5.41) is 0. The number of alkyl halides is 3. The van der Waals surface area contributed by atoms with E-state index < -0.39 is 29.0 Å². The molecule has 1 amide bonds. The fourth-order valence-corrected chi connectivity index (χ4v) is 3.91. The van der Waals surface area contributed by atoms with Crippen LogP contribution in [0.4, 0.5) is 17.6 Å². The van der Waals surface area contributed by atoms with Crippen molar-refractivity contribution in [3.8, 4) is 0 Å². The highest BCUT2D eigenvalue weighted by molar-refractivity contribution is 5.95. The van der Waals surface area contributed by atoms with Crippen LogP contribution in [0, 0.1) is 11.7 Å². The van der Waals surface area contributed by atoms with Gasteiger partial charge in [0.25, 0.3) is 5.91 Å². The molecule has 2 aromatic rings. The van der Waals surface area contributed by atoms with Gasteiger partial charge < -0.3 is 0 Å². The first-order chi connectivity index (χ1) is 13.6. The Morgan fingerprint density at radius 1 is 1.21 bits per heavy atom. The molecule has 0 atom stereocenters. The number of rotatable bonds is 4. The fraction of sp³-hybridized carbons (Fsp3) is 0.524. The van der Waals surface area contributed by atoms with Crippen LogP contribution in [-0.4, -0.2) is 15.3 Å². The zero-order valence-electron chi connectivity index (χ0n) is 16.8. The van der Waals surface area contributed by atoms with Crippen LogP contribution >= 0.6 is 0 Å². The molecule has 1 saturated carbocycles. The molecule has 4 nitrogen and oxygen atoms in total. The van der Waals surface area contributed by atoms with Gasteiger partial charge in [0.15, 0.2) is 5.49 Å². The summed E-state index contributed by atoms with van der Waals surface area (Å²) in [5.41, 5.74) is -0.474. The van der Waals surface area contributed by atoms with Crippen LogP contribution in [-0.2, 0) is 19.8 Å². The van der Waals surface area contributed by atoms with E-state index in [9.17, 15) is 22.4 Å². The summed E-state index contributed by atoms with van der Waals surface area (Å²) in [7, 11) is 1.87. The maximum absolute atomic E-state index is 14.1. The molecule has 0 saturated heterocycles. The Balaban J connectivity index is 2.05. The van der Waals surface area contributed by atoms with Crippen LogP contribution in [0.3, 0.4) is 0 Å². The normalized spacial score (nSPS) is 16.2. The molecule has 1 fully saturated rings. The minimum atomic E-state index is -4.66. The second-order valence-corrected chi connectivity index (χ2v) is 7.95. The van der Waals surface area contributed by atoms with Crippen molar-refractivity contribution in [3.63, 3.8) is 0 Å².